The van der Waals surface area contributed by atoms with Crippen molar-refractivity contribution in [2.24, 2.45) is 0 Å². The molecule has 0 aromatic carbocycles. The second-order valence-electron chi connectivity index (χ2n) is 5.03. The Kier molecular flexibility index (Phi) is 6.05. The zero-order valence-corrected chi connectivity index (χ0v) is 10.8. The molecule has 1 unspecified atom stereocenters. The van der Waals surface area contributed by atoms with Crippen molar-refractivity contribution in [1.29, 1.82) is 0 Å². The first kappa shape index (κ1) is 16.0. The molecule has 16 heavy (non-hydrogen) atoms. The fourth-order valence-corrected chi connectivity index (χ4v) is 2.46. The summed E-state index contributed by atoms with van der Waals surface area (Å²) in [5.41, 5.74) is -1.12. The van der Waals surface area contributed by atoms with E-state index < -0.39 is 44.8 Å². The van der Waals surface area contributed by atoms with Gasteiger partial charge in [0, 0.05) is 0 Å². The molecule has 0 amide bonds. The Morgan fingerprint density at radius 3 is 1.56 bits per heavy atom. The van der Waals surface area contributed by atoms with Crippen molar-refractivity contribution in [3.63, 3.8) is 0 Å². The van der Waals surface area contributed by atoms with Crippen LogP contribution in [0.5, 0.6) is 0 Å². The lowest BCUT2D eigenvalue weighted by Crippen LogP contribution is -2.56. The molecule has 0 aromatic rings. The van der Waals surface area contributed by atoms with Crippen LogP contribution in [0, 0.1) is 0 Å². The molecule has 0 bridgehead atoms. The van der Waals surface area contributed by atoms with Crippen LogP contribution >= 0.6 is 0 Å². The van der Waals surface area contributed by atoms with Crippen LogP contribution in [-0.4, -0.2) is 75.5 Å². The Labute approximate surface area is 95.8 Å². The quantitative estimate of drug-likeness (QED) is 0.295. The number of rotatable bonds is 6. The van der Waals surface area contributed by atoms with Crippen molar-refractivity contribution < 1.29 is 30.6 Å². The van der Waals surface area contributed by atoms with Gasteiger partial charge in [0.25, 0.3) is 0 Å². The van der Waals surface area contributed by atoms with Gasteiger partial charge in [-0.05, 0) is 0 Å². The molecule has 0 fully saturated rings. The molecule has 5 atom stereocenters. The number of hydrogen-bond donors (Lipinski definition) is 6. The van der Waals surface area contributed by atoms with Crippen LogP contribution < -0.4 is 0 Å². The highest BCUT2D eigenvalue weighted by atomic mass is 28.3. The van der Waals surface area contributed by atoms with Crippen LogP contribution in [-0.2, 0) is 0 Å². The lowest BCUT2D eigenvalue weighted by molar-refractivity contribution is -0.130. The van der Waals surface area contributed by atoms with Crippen LogP contribution in [0.1, 0.15) is 0 Å². The van der Waals surface area contributed by atoms with E-state index in [1.807, 2.05) is 0 Å². The van der Waals surface area contributed by atoms with E-state index in [0.29, 0.717) is 0 Å². The molecule has 0 saturated heterocycles. The molecule has 98 valence electrons. The van der Waals surface area contributed by atoms with Crippen LogP contribution in [0.15, 0.2) is 0 Å². The minimum atomic E-state index is -2.09. The van der Waals surface area contributed by atoms with Crippen LogP contribution in [0.25, 0.3) is 0 Å². The van der Waals surface area contributed by atoms with E-state index in [1.165, 1.54) is 0 Å². The molecule has 6 N–H and O–H groups in total. The average molecular weight is 254 g/mol. The lowest BCUT2D eigenvalue weighted by atomic mass is 10.0. The molecule has 6 nitrogen and oxygen atoms in total. The maximum Gasteiger partial charge on any atom is 0.111 e. The largest absolute Gasteiger partial charge is 0.394 e. The SMILES string of the molecule is C[Si](C)(C)C(O)[C@H](O)[C@@H](O)[C@H](O)[C@H](O)CO. The van der Waals surface area contributed by atoms with Gasteiger partial charge in [0.05, 0.1) is 20.4 Å². The van der Waals surface area contributed by atoms with Crippen LogP contribution in [0.2, 0.25) is 19.6 Å². The van der Waals surface area contributed by atoms with E-state index >= 15 is 0 Å². The number of aliphatic hydroxyl groups excluding tert-OH is 6. The van der Waals surface area contributed by atoms with Crippen molar-refractivity contribution in [2.45, 2.75) is 49.8 Å². The molecule has 0 heterocycles. The molecular weight excluding hydrogens is 232 g/mol. The van der Waals surface area contributed by atoms with Gasteiger partial charge >= 0.3 is 0 Å². The zero-order valence-electron chi connectivity index (χ0n) is 9.78. The normalized spacial score (nSPS) is 22.3. The third-order valence-electron chi connectivity index (χ3n) is 2.49. The van der Waals surface area contributed by atoms with Gasteiger partial charge in [-0.3, -0.25) is 0 Å². The summed E-state index contributed by atoms with van der Waals surface area (Å²) in [7, 11) is -2.09. The standard InChI is InChI=1S/C9H22O6Si/c1-16(2,3)9(15)8(14)7(13)6(12)5(11)4-10/h5-15H,4H2,1-3H3/t5-,6-,7+,8-,9?/m1/s1. The minimum Gasteiger partial charge on any atom is -0.394 e. The van der Waals surface area contributed by atoms with Gasteiger partial charge in [0.2, 0.25) is 0 Å². The second-order valence-corrected chi connectivity index (χ2v) is 10.4. The predicted molar refractivity (Wildman–Crippen MR) is 60.5 cm³/mol. The third kappa shape index (κ3) is 4.09. The highest BCUT2D eigenvalue weighted by Gasteiger charge is 2.39. The van der Waals surface area contributed by atoms with E-state index in [-0.39, 0.29) is 0 Å². The molecular formula is C9H22O6Si. The van der Waals surface area contributed by atoms with Crippen LogP contribution in [0.4, 0.5) is 0 Å². The van der Waals surface area contributed by atoms with Gasteiger partial charge in [0.15, 0.2) is 0 Å². The van der Waals surface area contributed by atoms with Crippen molar-refractivity contribution in [3.05, 3.63) is 0 Å². The highest BCUT2D eigenvalue weighted by molar-refractivity contribution is 6.77. The Morgan fingerprint density at radius 2 is 1.25 bits per heavy atom. The fourth-order valence-electron chi connectivity index (χ4n) is 1.24. The first-order chi connectivity index (χ1) is 7.12. The van der Waals surface area contributed by atoms with Gasteiger partial charge in [-0.1, -0.05) is 19.6 Å². The molecule has 7 heteroatoms. The van der Waals surface area contributed by atoms with Gasteiger partial charge in [-0.2, -0.15) is 0 Å². The van der Waals surface area contributed by atoms with Crippen molar-refractivity contribution >= 4 is 8.07 Å². The van der Waals surface area contributed by atoms with Crippen molar-refractivity contribution in [3.8, 4) is 0 Å². The van der Waals surface area contributed by atoms with Crippen molar-refractivity contribution in [1.82, 2.24) is 0 Å². The molecule has 0 radical (unpaired) electrons. The number of hydrogen-bond acceptors (Lipinski definition) is 6. The maximum atomic E-state index is 9.72. The van der Waals surface area contributed by atoms with E-state index in [0.717, 1.165) is 0 Å². The Bertz CT molecular complexity index is 207. The first-order valence-corrected chi connectivity index (χ1v) is 8.71. The zero-order chi connectivity index (χ0) is 13.1. The maximum absolute atomic E-state index is 9.72. The molecule has 0 saturated carbocycles. The van der Waals surface area contributed by atoms with E-state index in [9.17, 15) is 20.4 Å². The fraction of sp³-hybridized carbons (Fsp3) is 1.00. The Morgan fingerprint density at radius 1 is 0.812 bits per heavy atom. The Hall–Kier alpha value is -0.0231. The summed E-state index contributed by atoms with van der Waals surface area (Å²) in [6, 6.07) is 0. The minimum absolute atomic E-state index is 0.728. The summed E-state index contributed by atoms with van der Waals surface area (Å²) >= 11 is 0. The van der Waals surface area contributed by atoms with Crippen molar-refractivity contribution in [2.75, 3.05) is 6.61 Å². The summed E-state index contributed by atoms with van der Waals surface area (Å²) in [5, 5.41) is 55.9. The van der Waals surface area contributed by atoms with Gasteiger partial charge < -0.3 is 30.6 Å². The molecule has 0 aliphatic carbocycles. The van der Waals surface area contributed by atoms with E-state index in [2.05, 4.69) is 0 Å². The second kappa shape index (κ2) is 6.06. The van der Waals surface area contributed by atoms with Gasteiger partial charge in [-0.25, -0.2) is 0 Å². The highest BCUT2D eigenvalue weighted by Crippen LogP contribution is 2.16. The predicted octanol–water partition coefficient (Wildman–Crippen LogP) is -2.34. The summed E-state index contributed by atoms with van der Waals surface area (Å²) in [6.45, 7) is 4.65. The molecule has 0 aromatic heterocycles. The van der Waals surface area contributed by atoms with Crippen LogP contribution in [0.3, 0.4) is 0 Å². The molecule has 0 aliphatic rings. The van der Waals surface area contributed by atoms with E-state index in [1.54, 1.807) is 19.6 Å². The number of aliphatic hydroxyl groups is 6. The summed E-state index contributed by atoms with van der Waals surface area (Å²) < 4.78 is 0. The lowest BCUT2D eigenvalue weighted by Gasteiger charge is -2.33. The smallest absolute Gasteiger partial charge is 0.111 e. The monoisotopic (exact) mass is 254 g/mol. The molecule has 0 spiro atoms. The first-order valence-electron chi connectivity index (χ1n) is 5.14. The summed E-state index contributed by atoms with van der Waals surface area (Å²) in [4.78, 5) is 0. The summed E-state index contributed by atoms with van der Waals surface area (Å²) in [5.74, 6) is 0. The van der Waals surface area contributed by atoms with Gasteiger partial charge in [0.1, 0.15) is 24.4 Å². The molecule has 0 aliphatic heterocycles. The third-order valence-corrected chi connectivity index (χ3v) is 4.61. The Balaban J connectivity index is 4.55. The molecule has 0 rings (SSSR count). The van der Waals surface area contributed by atoms with E-state index in [4.69, 9.17) is 10.2 Å². The topological polar surface area (TPSA) is 121 Å². The summed E-state index contributed by atoms with van der Waals surface area (Å²) in [6.07, 6.45) is -6.46. The van der Waals surface area contributed by atoms with Gasteiger partial charge in [-0.15, -0.1) is 0 Å². The average Bonchev–Trinajstić information content (AvgIpc) is 2.22.